The number of rotatable bonds is 4. The van der Waals surface area contributed by atoms with Crippen molar-refractivity contribution in [3.8, 4) is 0 Å². The van der Waals surface area contributed by atoms with E-state index in [-0.39, 0.29) is 4.99 Å². The Bertz CT molecular complexity index is 500. The van der Waals surface area contributed by atoms with Gasteiger partial charge >= 0.3 is 0 Å². The van der Waals surface area contributed by atoms with E-state index in [0.717, 1.165) is 18.7 Å². The van der Waals surface area contributed by atoms with Crippen molar-refractivity contribution in [2.45, 2.75) is 13.0 Å². The van der Waals surface area contributed by atoms with Gasteiger partial charge < -0.3 is 5.73 Å². The predicted molar refractivity (Wildman–Crippen MR) is 62.8 cm³/mol. The number of nitrogens with two attached hydrogens (primary N) is 1. The normalized spacial score (nSPS) is 10.6. The first-order valence-corrected chi connectivity index (χ1v) is 5.24. The van der Waals surface area contributed by atoms with E-state index in [4.69, 9.17) is 18.0 Å². The molecular formula is C9H12N6S. The van der Waals surface area contributed by atoms with Crippen molar-refractivity contribution in [3.05, 3.63) is 30.1 Å². The molecule has 0 saturated heterocycles. The van der Waals surface area contributed by atoms with Gasteiger partial charge in [-0.05, 0) is 6.07 Å². The Morgan fingerprint density at radius 2 is 2.38 bits per heavy atom. The molecule has 6 nitrogen and oxygen atoms in total. The van der Waals surface area contributed by atoms with Crippen LogP contribution in [0.25, 0.3) is 0 Å². The monoisotopic (exact) mass is 236 g/mol. The summed E-state index contributed by atoms with van der Waals surface area (Å²) in [6.45, 7) is 0.731. The molecule has 0 atom stereocenters. The number of hydrogen-bond donors (Lipinski definition) is 1. The molecule has 0 aliphatic carbocycles. The van der Waals surface area contributed by atoms with Crippen LogP contribution >= 0.6 is 12.2 Å². The summed E-state index contributed by atoms with van der Waals surface area (Å²) < 4.78 is 3.56. The third kappa shape index (κ3) is 2.25. The van der Waals surface area contributed by atoms with Gasteiger partial charge in [-0.15, -0.1) is 5.10 Å². The van der Waals surface area contributed by atoms with Crippen LogP contribution in [0.15, 0.2) is 18.6 Å². The van der Waals surface area contributed by atoms with Gasteiger partial charge in [0, 0.05) is 31.9 Å². The molecule has 2 aromatic heterocycles. The van der Waals surface area contributed by atoms with Crippen molar-refractivity contribution in [1.29, 1.82) is 0 Å². The minimum absolute atomic E-state index is 0.222. The number of nitrogens with zero attached hydrogens (tertiary/aromatic N) is 5. The summed E-state index contributed by atoms with van der Waals surface area (Å²) in [7, 11) is 1.91. The molecule has 16 heavy (non-hydrogen) atoms. The van der Waals surface area contributed by atoms with E-state index in [1.165, 1.54) is 0 Å². The molecule has 0 aliphatic rings. The zero-order valence-corrected chi connectivity index (χ0v) is 9.68. The van der Waals surface area contributed by atoms with Gasteiger partial charge in [0.1, 0.15) is 11.3 Å². The molecule has 0 aliphatic heterocycles. The Balaban J connectivity index is 2.00. The van der Waals surface area contributed by atoms with Gasteiger partial charge in [0.05, 0.1) is 0 Å². The molecule has 2 N–H and O–H groups in total. The highest BCUT2D eigenvalue weighted by atomic mass is 32.1. The first-order chi connectivity index (χ1) is 7.66. The standard InChI is InChI=1S/C9H12N6S/c1-14-7(2-4-12-14)3-5-15-6-11-9(13-15)8(10)16/h2,4,6H,3,5H2,1H3,(H2,10,16). The van der Waals surface area contributed by atoms with E-state index in [2.05, 4.69) is 15.2 Å². The van der Waals surface area contributed by atoms with Crippen LogP contribution in [0, 0.1) is 0 Å². The first-order valence-electron chi connectivity index (χ1n) is 4.83. The van der Waals surface area contributed by atoms with Gasteiger partial charge in [-0.3, -0.25) is 9.36 Å². The topological polar surface area (TPSA) is 74.5 Å². The van der Waals surface area contributed by atoms with Crippen LogP contribution in [0.3, 0.4) is 0 Å². The molecule has 2 rings (SSSR count). The molecule has 84 valence electrons. The lowest BCUT2D eigenvalue weighted by molar-refractivity contribution is 0.584. The van der Waals surface area contributed by atoms with E-state index < -0.39 is 0 Å². The van der Waals surface area contributed by atoms with Crippen molar-refractivity contribution in [2.24, 2.45) is 12.8 Å². The van der Waals surface area contributed by atoms with Crippen molar-refractivity contribution < 1.29 is 0 Å². The van der Waals surface area contributed by atoms with Crippen LogP contribution < -0.4 is 5.73 Å². The summed E-state index contributed by atoms with van der Waals surface area (Å²) in [4.78, 5) is 4.22. The molecule has 2 aromatic rings. The van der Waals surface area contributed by atoms with Crippen molar-refractivity contribution >= 4 is 17.2 Å². The van der Waals surface area contributed by atoms with Gasteiger partial charge in [0.15, 0.2) is 0 Å². The summed E-state index contributed by atoms with van der Waals surface area (Å²) in [5, 5.41) is 8.24. The van der Waals surface area contributed by atoms with Crippen molar-refractivity contribution in [2.75, 3.05) is 0 Å². The molecule has 0 amide bonds. The van der Waals surface area contributed by atoms with E-state index >= 15 is 0 Å². The lowest BCUT2D eigenvalue weighted by atomic mass is 10.3. The summed E-state index contributed by atoms with van der Waals surface area (Å²) in [5.41, 5.74) is 6.57. The maximum Gasteiger partial charge on any atom is 0.208 e. The highest BCUT2D eigenvalue weighted by Crippen LogP contribution is 1.99. The van der Waals surface area contributed by atoms with Gasteiger partial charge in [0.2, 0.25) is 5.82 Å². The highest BCUT2D eigenvalue weighted by Gasteiger charge is 2.04. The van der Waals surface area contributed by atoms with E-state index in [1.807, 2.05) is 17.8 Å². The predicted octanol–water partition coefficient (Wildman–Crippen LogP) is -0.111. The third-order valence-corrected chi connectivity index (χ3v) is 2.46. The maximum atomic E-state index is 5.42. The summed E-state index contributed by atoms with van der Waals surface area (Å²) in [6.07, 6.45) is 4.25. The average Bonchev–Trinajstić information content (AvgIpc) is 2.83. The van der Waals surface area contributed by atoms with Crippen LogP contribution in [0.4, 0.5) is 0 Å². The number of aryl methyl sites for hydroxylation is 3. The second kappa shape index (κ2) is 4.40. The lowest BCUT2D eigenvalue weighted by Crippen LogP contribution is -2.13. The molecule has 0 bridgehead atoms. The molecule has 2 heterocycles. The minimum atomic E-state index is 0.222. The number of hydrogen-bond acceptors (Lipinski definition) is 4. The van der Waals surface area contributed by atoms with Crippen LogP contribution in [-0.4, -0.2) is 29.5 Å². The zero-order chi connectivity index (χ0) is 11.5. The summed E-state index contributed by atoms with van der Waals surface area (Å²) in [5.74, 6) is 0.417. The average molecular weight is 236 g/mol. The molecular weight excluding hydrogens is 224 g/mol. The van der Waals surface area contributed by atoms with Crippen LogP contribution in [0.1, 0.15) is 11.5 Å². The Morgan fingerprint density at radius 1 is 1.56 bits per heavy atom. The molecule has 0 fully saturated rings. The number of thiocarbonyl (C=S) groups is 1. The summed E-state index contributed by atoms with van der Waals surface area (Å²) in [6, 6.07) is 1.98. The highest BCUT2D eigenvalue weighted by molar-refractivity contribution is 7.80. The van der Waals surface area contributed by atoms with E-state index in [0.29, 0.717) is 5.82 Å². The Morgan fingerprint density at radius 3 is 2.94 bits per heavy atom. The van der Waals surface area contributed by atoms with Crippen LogP contribution in [0.2, 0.25) is 0 Å². The van der Waals surface area contributed by atoms with Gasteiger partial charge in [-0.25, -0.2) is 4.98 Å². The Labute approximate surface area is 98.1 Å². The smallest absolute Gasteiger partial charge is 0.208 e. The van der Waals surface area contributed by atoms with E-state index in [1.54, 1.807) is 17.2 Å². The zero-order valence-electron chi connectivity index (χ0n) is 8.87. The fraction of sp³-hybridized carbons (Fsp3) is 0.333. The van der Waals surface area contributed by atoms with E-state index in [9.17, 15) is 0 Å². The molecule has 0 saturated carbocycles. The summed E-state index contributed by atoms with van der Waals surface area (Å²) >= 11 is 4.79. The van der Waals surface area contributed by atoms with Gasteiger partial charge in [-0.2, -0.15) is 5.10 Å². The molecule has 0 spiro atoms. The Hall–Kier alpha value is -1.76. The van der Waals surface area contributed by atoms with Crippen molar-refractivity contribution in [1.82, 2.24) is 24.5 Å². The quantitative estimate of drug-likeness (QED) is 0.750. The minimum Gasteiger partial charge on any atom is -0.387 e. The number of aromatic nitrogens is 5. The molecule has 0 unspecified atom stereocenters. The van der Waals surface area contributed by atoms with Crippen LogP contribution in [-0.2, 0) is 20.0 Å². The largest absolute Gasteiger partial charge is 0.387 e. The molecule has 0 radical (unpaired) electrons. The Kier molecular flexibility index (Phi) is 2.95. The van der Waals surface area contributed by atoms with Gasteiger partial charge in [-0.1, -0.05) is 12.2 Å². The molecule has 7 heteroatoms. The first kappa shape index (κ1) is 10.7. The SMILES string of the molecule is Cn1nccc1CCn1cnc(C(N)=S)n1. The van der Waals surface area contributed by atoms with Crippen LogP contribution in [0.5, 0.6) is 0 Å². The fourth-order valence-corrected chi connectivity index (χ4v) is 1.48. The van der Waals surface area contributed by atoms with Crippen molar-refractivity contribution in [3.63, 3.8) is 0 Å². The molecule has 0 aromatic carbocycles. The maximum absolute atomic E-state index is 5.42. The van der Waals surface area contributed by atoms with Gasteiger partial charge in [0.25, 0.3) is 0 Å². The second-order valence-electron chi connectivity index (χ2n) is 3.39. The second-order valence-corrected chi connectivity index (χ2v) is 3.83. The lowest BCUT2D eigenvalue weighted by Gasteiger charge is -2.01. The third-order valence-electron chi connectivity index (χ3n) is 2.28. The fourth-order valence-electron chi connectivity index (χ4n) is 1.39.